The Hall–Kier alpha value is -9.24. The molecular formula is C71H89ClN20O15S5. The summed E-state index contributed by atoms with van der Waals surface area (Å²) < 4.78 is 116. The zero-order valence-electron chi connectivity index (χ0n) is 62.4. The van der Waals surface area contributed by atoms with Crippen LogP contribution in [0.4, 0.5) is 28.7 Å². The van der Waals surface area contributed by atoms with E-state index in [2.05, 4.69) is 52.3 Å². The molecule has 4 aromatic carbocycles. The van der Waals surface area contributed by atoms with Crippen LogP contribution in [0.1, 0.15) is 74.6 Å². The molecule has 35 nitrogen and oxygen atoms in total. The zero-order chi connectivity index (χ0) is 81.2. The van der Waals surface area contributed by atoms with Crippen molar-refractivity contribution in [2.75, 3.05) is 150 Å². The molecular weight excluding hydrogens is 1570 g/mol. The van der Waals surface area contributed by atoms with Gasteiger partial charge in [0, 0.05) is 193 Å². The lowest BCUT2D eigenvalue weighted by atomic mass is 10.2. The molecule has 0 amide bonds. The molecule has 2 saturated carbocycles. The number of non-ortho nitro benzene ring substituents is 2. The number of rotatable bonds is 14. The first-order valence-corrected chi connectivity index (χ1v) is 44.0. The number of nitrogens with zero attached hydrogens (tertiary/aromatic N) is 17. The quantitative estimate of drug-likeness (QED) is 0.0383. The summed E-state index contributed by atoms with van der Waals surface area (Å²) in [4.78, 5) is 71.2. The SMILES string of the molecule is CN1CCN(S(=O)(=O)c2cccc(N)c2)CC1.CN1CCN(S(=O)(=O)c2cccc(Nc3ncc4cc(C#N)c(=O)n(C5CCCC5)c4n3)c2)CC1.CN1CCN(S(=O)(=O)c2cccc([N+](=O)[O-])c2)CC1.CN1CCNCC1.CS(=O)c1ncc2cc(C#N)c(=O)n(C3CCCC3)c2n1.O=[N+]([O-])c1cccc(S(=O)(=O)Cl)c1. The van der Waals surface area contributed by atoms with E-state index < -0.39 is 59.8 Å². The van der Waals surface area contributed by atoms with Crippen LogP contribution in [0, 0.1) is 42.9 Å². The molecule has 112 heavy (non-hydrogen) atoms. The van der Waals surface area contributed by atoms with E-state index in [-0.39, 0.29) is 76.4 Å². The highest BCUT2D eigenvalue weighted by molar-refractivity contribution is 8.13. The van der Waals surface area contributed by atoms with Gasteiger partial charge in [-0.1, -0.05) is 49.9 Å². The minimum absolute atomic E-state index is 0.00175. The van der Waals surface area contributed by atoms with Crippen molar-refractivity contribution in [1.82, 2.24) is 66.9 Å². The second kappa shape index (κ2) is 39.0. The van der Waals surface area contributed by atoms with Crippen LogP contribution in [0.25, 0.3) is 22.1 Å². The molecule has 1 atom stereocenters. The summed E-state index contributed by atoms with van der Waals surface area (Å²) in [5, 5.41) is 47.3. The second-order valence-corrected chi connectivity index (χ2v) is 36.9. The Labute approximate surface area is 656 Å². The van der Waals surface area contributed by atoms with Gasteiger partial charge >= 0.3 is 0 Å². The van der Waals surface area contributed by atoms with Gasteiger partial charge in [0.25, 0.3) is 31.5 Å². The molecule has 41 heteroatoms. The molecule has 6 fully saturated rings. The smallest absolute Gasteiger partial charge is 0.270 e. The molecule has 0 bridgehead atoms. The van der Waals surface area contributed by atoms with Crippen molar-refractivity contribution in [2.24, 2.45) is 0 Å². The lowest BCUT2D eigenvalue weighted by Gasteiger charge is -2.31. The van der Waals surface area contributed by atoms with Gasteiger partial charge in [0.2, 0.25) is 41.2 Å². The molecule has 4 N–H and O–H groups in total. The van der Waals surface area contributed by atoms with E-state index in [0.29, 0.717) is 98.9 Å². The number of nitriles is 2. The number of hydrogen-bond acceptors (Lipinski definition) is 28. The number of anilines is 3. The number of fused-ring (bicyclic) bond motifs is 2. The maximum absolute atomic E-state index is 13.1. The summed E-state index contributed by atoms with van der Waals surface area (Å²) in [6, 6.07) is 29.7. The average Bonchev–Trinajstić information content (AvgIpc) is 1.19. The normalized spacial score (nSPS) is 17.8. The van der Waals surface area contributed by atoms with Crippen molar-refractivity contribution in [2.45, 2.75) is 88.2 Å². The number of nitro groups is 2. The summed E-state index contributed by atoms with van der Waals surface area (Å²) in [6.45, 7) is 11.8. The molecule has 4 aromatic heterocycles. The molecule has 1 unspecified atom stereocenters. The minimum atomic E-state index is -3.89. The Morgan fingerprint density at radius 2 is 0.902 bits per heavy atom. The number of nitro benzene ring substituents is 2. The van der Waals surface area contributed by atoms with Gasteiger partial charge in [-0.25, -0.2) is 48.6 Å². The van der Waals surface area contributed by atoms with Crippen LogP contribution >= 0.6 is 10.7 Å². The first kappa shape index (κ1) is 86.7. The number of halogens is 1. The third kappa shape index (κ3) is 22.6. The fourth-order valence-corrected chi connectivity index (χ4v) is 18.6. The molecule has 8 heterocycles. The second-order valence-electron chi connectivity index (χ2n) is 27.3. The van der Waals surface area contributed by atoms with Crippen molar-refractivity contribution in [1.29, 1.82) is 10.5 Å². The summed E-state index contributed by atoms with van der Waals surface area (Å²) in [5.41, 5.74) is 6.58. The highest BCUT2D eigenvalue weighted by Crippen LogP contribution is 2.33. The summed E-state index contributed by atoms with van der Waals surface area (Å²) in [6.07, 6.45) is 12.3. The number of aromatic nitrogens is 6. The number of nitrogens with one attached hydrogen (secondary N) is 2. The van der Waals surface area contributed by atoms with Gasteiger partial charge in [0.15, 0.2) is 0 Å². The number of sulfonamides is 3. The van der Waals surface area contributed by atoms with Crippen LogP contribution < -0.4 is 27.5 Å². The van der Waals surface area contributed by atoms with Crippen LogP contribution in [0.3, 0.4) is 0 Å². The predicted octanol–water partition coefficient (Wildman–Crippen LogP) is 5.75. The molecule has 0 radical (unpaired) electrons. The van der Waals surface area contributed by atoms with E-state index >= 15 is 0 Å². The Morgan fingerprint density at radius 3 is 1.29 bits per heavy atom. The summed E-state index contributed by atoms with van der Waals surface area (Å²) >= 11 is 0. The fourth-order valence-electron chi connectivity index (χ4n) is 12.9. The average molecular weight is 1660 g/mol. The molecule has 6 aliphatic rings. The Morgan fingerprint density at radius 1 is 0.527 bits per heavy atom. The van der Waals surface area contributed by atoms with Crippen LogP contribution in [-0.2, 0) is 49.9 Å². The van der Waals surface area contributed by atoms with E-state index in [1.165, 1.54) is 93.1 Å². The maximum atomic E-state index is 13.1. The number of likely N-dealkylation sites (N-methyl/N-ethyl adjacent to an activating group) is 4. The lowest BCUT2D eigenvalue weighted by molar-refractivity contribution is -0.385. The van der Waals surface area contributed by atoms with Crippen molar-refractivity contribution in [3.8, 4) is 12.1 Å². The van der Waals surface area contributed by atoms with Gasteiger partial charge in [0.1, 0.15) is 34.6 Å². The number of piperazine rings is 4. The molecule has 4 saturated heterocycles. The van der Waals surface area contributed by atoms with Crippen molar-refractivity contribution in [3.05, 3.63) is 174 Å². The first-order valence-electron chi connectivity index (χ1n) is 35.8. The van der Waals surface area contributed by atoms with Gasteiger partial charge < -0.3 is 36.0 Å². The summed E-state index contributed by atoms with van der Waals surface area (Å²) in [5.74, 6) is 0.252. The Bertz CT molecular complexity index is 5420. The largest absolute Gasteiger partial charge is 0.399 e. The number of nitrogen functional groups attached to an aromatic ring is 1. The molecule has 600 valence electrons. The highest BCUT2D eigenvalue weighted by Gasteiger charge is 2.32. The Kier molecular flexibility index (Phi) is 30.2. The number of benzene rings is 4. The van der Waals surface area contributed by atoms with Gasteiger partial charge in [-0.05, 0) is 115 Å². The third-order valence-electron chi connectivity index (χ3n) is 19.3. The van der Waals surface area contributed by atoms with E-state index in [4.69, 9.17) is 21.7 Å². The standard InChI is InChI=1S/C24H27N7O3S.C14H14N4O2S.C11H15N3O4S.C11H17N3O2S.C6H4ClNO4S.C5H12N2/c1-29-9-11-30(12-10-29)35(33,34)21-8-4-5-19(14-21)27-24-26-16-18-13-17(15-25)23(32)31(22(18)28-24)20-6-2-3-7-20;1-21(20)14-16-8-10-6-9(7-15)13(19)18(12(10)17-14)11-4-2-3-5-11;1-12-5-7-13(8-6-12)19(17,18)11-4-2-3-10(9-11)14(15)16;1-13-5-7-14(8-6-13)17(15,16)11-4-2-3-10(12)9-11;7-13(11,12)6-3-1-2-5(4-6)8(9)10;1-7-4-2-6-3-5-7/h4-5,8,13-14,16,20H,2-3,6-7,9-12H2,1H3,(H,26,27,28);6,8,11H,2-5H2,1H3;2-4,9H,5-8H2,1H3;2-4,9H,5-8,12H2,1H3;1-4H;6H,2-5H2,1H3. The molecule has 0 spiro atoms. The third-order valence-corrected chi connectivity index (χ3v) is 27.1. The van der Waals surface area contributed by atoms with Gasteiger partial charge in [-0.2, -0.15) is 28.4 Å². The van der Waals surface area contributed by atoms with Crippen LogP contribution in [0.15, 0.2) is 156 Å². The van der Waals surface area contributed by atoms with Gasteiger partial charge in [0.05, 0.1) is 40.2 Å². The van der Waals surface area contributed by atoms with Gasteiger partial charge in [-0.15, -0.1) is 0 Å². The predicted molar refractivity (Wildman–Crippen MR) is 423 cm³/mol. The number of hydrogen-bond donors (Lipinski definition) is 3. The van der Waals surface area contributed by atoms with Crippen molar-refractivity contribution in [3.63, 3.8) is 0 Å². The van der Waals surface area contributed by atoms with E-state index in [1.807, 2.05) is 38.2 Å². The molecule has 14 rings (SSSR count). The van der Waals surface area contributed by atoms with Crippen molar-refractivity contribution >= 4 is 111 Å². The van der Waals surface area contributed by atoms with Gasteiger partial charge in [-0.3, -0.25) is 43.2 Å². The van der Waals surface area contributed by atoms with E-state index in [1.54, 1.807) is 57.8 Å². The lowest BCUT2D eigenvalue weighted by Crippen LogP contribution is -2.47. The van der Waals surface area contributed by atoms with E-state index in [0.717, 1.165) is 89.7 Å². The van der Waals surface area contributed by atoms with Crippen LogP contribution in [-0.4, -0.2) is 248 Å². The molecule has 4 aliphatic heterocycles. The minimum Gasteiger partial charge on any atom is -0.399 e. The first-order chi connectivity index (χ1) is 53.2. The number of nitrogens with two attached hydrogens (primary N) is 1. The molecule has 8 aromatic rings. The van der Waals surface area contributed by atoms with Crippen LogP contribution in [0.5, 0.6) is 0 Å². The van der Waals surface area contributed by atoms with Crippen LogP contribution in [0.2, 0.25) is 0 Å². The Balaban J connectivity index is 0.000000163. The zero-order valence-corrected chi connectivity index (χ0v) is 67.2. The summed E-state index contributed by atoms with van der Waals surface area (Å²) in [7, 11) is -2.80. The monoisotopic (exact) mass is 1660 g/mol. The fraction of sp³-hybridized carbons (Fsp3) is 0.437. The number of pyridine rings is 2. The maximum Gasteiger partial charge on any atom is 0.270 e. The van der Waals surface area contributed by atoms with Crippen molar-refractivity contribution < 1.29 is 47.7 Å². The topological polar surface area (TPSA) is 456 Å². The molecule has 2 aliphatic carbocycles. The van der Waals surface area contributed by atoms with E-state index in [9.17, 15) is 73.0 Å². The highest BCUT2D eigenvalue weighted by atomic mass is 35.7.